The predicted octanol–water partition coefficient (Wildman–Crippen LogP) is 4.09. The highest BCUT2D eigenvalue weighted by Gasteiger charge is 2.50. The topological polar surface area (TPSA) is 68.3 Å². The van der Waals surface area contributed by atoms with E-state index in [4.69, 9.17) is 4.74 Å². The number of amides is 2. The fraction of sp³-hybridized carbons (Fsp3) is 0.364. The maximum absolute atomic E-state index is 13.4. The molecule has 40 heavy (non-hydrogen) atoms. The molecule has 3 aromatic carbocycles. The van der Waals surface area contributed by atoms with E-state index in [-0.39, 0.29) is 24.0 Å². The van der Waals surface area contributed by atoms with Gasteiger partial charge in [0.1, 0.15) is 5.75 Å². The van der Waals surface area contributed by atoms with Crippen molar-refractivity contribution in [3.8, 4) is 17.6 Å². The molecule has 2 heterocycles. The molecule has 2 aliphatic rings. The number of hydrogen-bond acceptors (Lipinski definition) is 5. The number of urea groups is 1. The zero-order chi connectivity index (χ0) is 28.1. The van der Waals surface area contributed by atoms with E-state index in [9.17, 15) is 9.90 Å². The van der Waals surface area contributed by atoms with E-state index in [0.29, 0.717) is 31.7 Å². The average molecular weight is 539 g/mol. The van der Waals surface area contributed by atoms with Crippen molar-refractivity contribution in [1.29, 1.82) is 0 Å². The lowest BCUT2D eigenvalue weighted by molar-refractivity contribution is -0.0735. The molecule has 5 rings (SSSR count). The first-order chi connectivity index (χ1) is 19.4. The zero-order valence-corrected chi connectivity index (χ0v) is 23.5. The number of benzene rings is 3. The Hall–Kier alpha value is -3.83. The van der Waals surface area contributed by atoms with Crippen LogP contribution in [0, 0.1) is 11.8 Å². The Morgan fingerprint density at radius 2 is 1.65 bits per heavy atom. The zero-order valence-electron chi connectivity index (χ0n) is 23.5. The minimum Gasteiger partial charge on any atom is -0.497 e. The Balaban J connectivity index is 1.36. The van der Waals surface area contributed by atoms with Crippen LogP contribution in [0.2, 0.25) is 0 Å². The third-order valence-electron chi connectivity index (χ3n) is 7.84. The molecule has 2 aliphatic heterocycles. The van der Waals surface area contributed by atoms with Gasteiger partial charge in [0.05, 0.1) is 13.2 Å². The second-order valence-electron chi connectivity index (χ2n) is 10.9. The quantitative estimate of drug-likeness (QED) is 0.479. The van der Waals surface area contributed by atoms with E-state index in [2.05, 4.69) is 65.3 Å². The van der Waals surface area contributed by atoms with Gasteiger partial charge >= 0.3 is 6.03 Å². The molecular weight excluding hydrogens is 500 g/mol. The third kappa shape index (κ3) is 6.48. The highest BCUT2D eigenvalue weighted by Crippen LogP contribution is 2.42. The number of methoxy groups -OCH3 is 1. The number of carbonyl (C=O) groups is 1. The monoisotopic (exact) mass is 538 g/mol. The molecule has 2 saturated heterocycles. The number of rotatable bonds is 5. The number of fused-ring (bicyclic) bond motifs is 1. The van der Waals surface area contributed by atoms with E-state index in [1.165, 1.54) is 5.56 Å². The molecule has 0 saturated carbocycles. The molecule has 7 heteroatoms. The molecule has 0 aliphatic carbocycles. The van der Waals surface area contributed by atoms with Gasteiger partial charge in [-0.15, -0.1) is 0 Å². The number of aliphatic hydroxyl groups excluding tert-OH is 1. The lowest BCUT2D eigenvalue weighted by Gasteiger charge is -2.58. The van der Waals surface area contributed by atoms with E-state index >= 15 is 0 Å². The van der Waals surface area contributed by atoms with Gasteiger partial charge in [0.15, 0.2) is 0 Å². The Morgan fingerprint density at radius 1 is 0.975 bits per heavy atom. The van der Waals surface area contributed by atoms with Gasteiger partial charge in [-0.3, -0.25) is 4.90 Å². The van der Waals surface area contributed by atoms with Crippen LogP contribution in [-0.2, 0) is 0 Å². The van der Waals surface area contributed by atoms with Crippen LogP contribution in [0.5, 0.6) is 5.75 Å². The van der Waals surface area contributed by atoms with Crippen LogP contribution in [-0.4, -0.2) is 91.4 Å². The van der Waals surface area contributed by atoms with Crippen LogP contribution < -0.4 is 10.1 Å². The molecule has 0 bridgehead atoms. The fourth-order valence-electron chi connectivity index (χ4n) is 5.81. The first-order valence-corrected chi connectivity index (χ1v) is 13.9. The smallest absolute Gasteiger partial charge is 0.321 e. The van der Waals surface area contributed by atoms with Crippen LogP contribution >= 0.6 is 0 Å². The molecule has 2 fully saturated rings. The average Bonchev–Trinajstić information content (AvgIpc) is 2.96. The van der Waals surface area contributed by atoms with Crippen molar-refractivity contribution in [3.63, 3.8) is 0 Å². The largest absolute Gasteiger partial charge is 0.497 e. The van der Waals surface area contributed by atoms with Crippen molar-refractivity contribution in [2.24, 2.45) is 0 Å². The number of hydrogen-bond donors (Lipinski definition) is 2. The first-order valence-electron chi connectivity index (χ1n) is 13.9. The van der Waals surface area contributed by atoms with Crippen molar-refractivity contribution in [3.05, 3.63) is 95.6 Å². The maximum Gasteiger partial charge on any atom is 0.321 e. The highest BCUT2D eigenvalue weighted by atomic mass is 16.5. The molecule has 208 valence electrons. The molecular formula is C33H38N4O3. The molecule has 0 radical (unpaired) electrons. The number of likely N-dealkylation sites (N-methyl/N-ethyl adjacent to an activating group) is 1. The Labute approximate surface area is 237 Å². The summed E-state index contributed by atoms with van der Waals surface area (Å²) in [6, 6.07) is 26.1. The van der Waals surface area contributed by atoms with Gasteiger partial charge in [0.25, 0.3) is 0 Å². The van der Waals surface area contributed by atoms with Gasteiger partial charge in [-0.25, -0.2) is 4.79 Å². The summed E-state index contributed by atoms with van der Waals surface area (Å²) < 4.78 is 5.23. The molecule has 3 aromatic rings. The van der Waals surface area contributed by atoms with E-state index in [0.717, 1.165) is 23.4 Å². The summed E-state index contributed by atoms with van der Waals surface area (Å²) in [6.45, 7) is 2.60. The Bertz CT molecular complexity index is 1330. The van der Waals surface area contributed by atoms with Crippen LogP contribution in [0.25, 0.3) is 0 Å². The highest BCUT2D eigenvalue weighted by molar-refractivity contribution is 5.89. The van der Waals surface area contributed by atoms with Crippen molar-refractivity contribution < 1.29 is 14.6 Å². The summed E-state index contributed by atoms with van der Waals surface area (Å²) in [7, 11) is 5.79. The number of anilines is 1. The van der Waals surface area contributed by atoms with Gasteiger partial charge in [0, 0.05) is 61.0 Å². The lowest BCUT2D eigenvalue weighted by Crippen LogP contribution is -2.70. The summed E-state index contributed by atoms with van der Waals surface area (Å²) in [6.07, 6.45) is 0.0632. The number of ether oxygens (including phenoxy) is 1. The summed E-state index contributed by atoms with van der Waals surface area (Å²) in [5, 5.41) is 13.9. The third-order valence-corrected chi connectivity index (χ3v) is 7.84. The fourth-order valence-corrected chi connectivity index (χ4v) is 5.81. The summed E-state index contributed by atoms with van der Waals surface area (Å²) in [5.41, 5.74) is 3.92. The van der Waals surface area contributed by atoms with Crippen LogP contribution in [0.15, 0.2) is 78.9 Å². The molecule has 0 aromatic heterocycles. The second kappa shape index (κ2) is 12.6. The van der Waals surface area contributed by atoms with Crippen molar-refractivity contribution >= 4 is 11.7 Å². The maximum atomic E-state index is 13.4. The van der Waals surface area contributed by atoms with Gasteiger partial charge in [0.2, 0.25) is 0 Å². The second-order valence-corrected chi connectivity index (χ2v) is 10.9. The van der Waals surface area contributed by atoms with Crippen LogP contribution in [0.1, 0.15) is 29.0 Å². The van der Waals surface area contributed by atoms with Gasteiger partial charge in [-0.05, 0) is 74.6 Å². The van der Waals surface area contributed by atoms with E-state index in [1.54, 1.807) is 7.11 Å². The standard InChI is InChI=1S/C33H38N4O3/c1-35(2)22-30-32(26-13-11-25(12-14-26)10-9-24-7-5-4-6-8-24)31-23-36(20-19-28(38)21-37(30)31)33(39)34-27-15-17-29(40-3)18-16-27/h4-8,11-18,28,30-32,38H,19-23H2,1-3H3,(H,34,39)/t28-,30+,31-,32-/m0/s1. The summed E-state index contributed by atoms with van der Waals surface area (Å²) in [4.78, 5) is 19.8. The summed E-state index contributed by atoms with van der Waals surface area (Å²) >= 11 is 0. The van der Waals surface area contributed by atoms with Gasteiger partial charge in [-0.1, -0.05) is 42.2 Å². The van der Waals surface area contributed by atoms with Crippen LogP contribution in [0.3, 0.4) is 0 Å². The number of carbonyl (C=O) groups excluding carboxylic acids is 1. The SMILES string of the molecule is COc1ccc(NC(=O)N2CC[C@H](O)CN3[C@H](CN(C)C)[C@H](c4ccc(C#Cc5ccccc5)cc4)[C@@H]3C2)cc1. The minimum absolute atomic E-state index is 0.114. The first kappa shape index (κ1) is 27.7. The van der Waals surface area contributed by atoms with Gasteiger partial charge in [-0.2, -0.15) is 0 Å². The molecule has 7 nitrogen and oxygen atoms in total. The molecule has 2 N–H and O–H groups in total. The van der Waals surface area contributed by atoms with Gasteiger partial charge < -0.3 is 25.0 Å². The predicted molar refractivity (Wildman–Crippen MR) is 159 cm³/mol. The minimum atomic E-state index is -0.486. The van der Waals surface area contributed by atoms with E-state index in [1.807, 2.05) is 59.5 Å². The lowest BCUT2D eigenvalue weighted by atomic mass is 9.73. The Morgan fingerprint density at radius 3 is 2.30 bits per heavy atom. The molecule has 2 amide bonds. The van der Waals surface area contributed by atoms with Crippen molar-refractivity contribution in [2.75, 3.05) is 52.7 Å². The molecule has 0 spiro atoms. The number of nitrogens with zero attached hydrogens (tertiary/aromatic N) is 3. The van der Waals surface area contributed by atoms with E-state index < -0.39 is 6.10 Å². The van der Waals surface area contributed by atoms with Crippen LogP contribution in [0.4, 0.5) is 10.5 Å². The van der Waals surface area contributed by atoms with Crippen molar-refractivity contribution in [2.45, 2.75) is 30.5 Å². The Kier molecular flexibility index (Phi) is 8.71. The molecule has 4 atom stereocenters. The van der Waals surface area contributed by atoms with Crippen molar-refractivity contribution in [1.82, 2.24) is 14.7 Å². The molecule has 0 unspecified atom stereocenters. The number of nitrogens with one attached hydrogen (secondary N) is 1. The normalized spacial score (nSPS) is 22.7. The number of aliphatic hydroxyl groups is 1. The summed E-state index contributed by atoms with van der Waals surface area (Å²) in [5.74, 6) is 7.48.